The third-order valence-corrected chi connectivity index (χ3v) is 4.84. The lowest BCUT2D eigenvalue weighted by molar-refractivity contribution is 0.00578. The molecule has 0 unspecified atom stereocenters. The van der Waals surface area contributed by atoms with E-state index in [9.17, 15) is 9.90 Å². The van der Waals surface area contributed by atoms with Gasteiger partial charge in [-0.25, -0.2) is 4.79 Å². The summed E-state index contributed by atoms with van der Waals surface area (Å²) < 4.78 is 13.4. The molecule has 2 heterocycles. The lowest BCUT2D eigenvalue weighted by Crippen LogP contribution is -2.42. The zero-order valence-electron chi connectivity index (χ0n) is 13.5. The van der Waals surface area contributed by atoms with Gasteiger partial charge in [-0.1, -0.05) is 18.2 Å². The van der Waals surface area contributed by atoms with E-state index in [-0.39, 0.29) is 0 Å². The molecule has 6 heteroatoms. The number of fused-ring (bicyclic) bond motifs is 1. The van der Waals surface area contributed by atoms with E-state index in [0.29, 0.717) is 11.1 Å². The molecule has 1 aliphatic heterocycles. The van der Waals surface area contributed by atoms with Crippen molar-refractivity contribution < 1.29 is 19.2 Å². The molecule has 0 aliphatic carbocycles. The minimum absolute atomic E-state index is 0.510. The standard InChI is InChI=1S/C16H20BNO4/c1-10-11-8-6-7-9-12(11)18(14(19)20)13(10)17-21-15(2,3)16(4,5)22-17/h6-9H,1-5H3,(H,19,20). The van der Waals surface area contributed by atoms with Gasteiger partial charge in [0.1, 0.15) is 0 Å². The van der Waals surface area contributed by atoms with Crippen molar-refractivity contribution >= 4 is 29.7 Å². The van der Waals surface area contributed by atoms with Crippen LogP contribution >= 0.6 is 0 Å². The largest absolute Gasteiger partial charge is 0.513 e. The van der Waals surface area contributed by atoms with E-state index in [1.807, 2.05) is 52.8 Å². The Labute approximate surface area is 130 Å². The summed E-state index contributed by atoms with van der Waals surface area (Å²) in [5.74, 6) is 0. The van der Waals surface area contributed by atoms with Crippen LogP contribution in [0.25, 0.3) is 10.9 Å². The molecule has 0 radical (unpaired) electrons. The van der Waals surface area contributed by atoms with Gasteiger partial charge >= 0.3 is 13.2 Å². The Morgan fingerprint density at radius 1 is 1.14 bits per heavy atom. The van der Waals surface area contributed by atoms with Crippen LogP contribution in [0.15, 0.2) is 24.3 Å². The monoisotopic (exact) mass is 301 g/mol. The number of carbonyl (C=O) groups is 1. The van der Waals surface area contributed by atoms with Gasteiger partial charge in [0.05, 0.1) is 22.3 Å². The molecule has 0 spiro atoms. The Balaban J connectivity index is 2.22. The molecule has 116 valence electrons. The number of hydrogen-bond acceptors (Lipinski definition) is 3. The Hall–Kier alpha value is -1.79. The molecule has 5 nitrogen and oxygen atoms in total. The van der Waals surface area contributed by atoms with Crippen LogP contribution in [0.5, 0.6) is 0 Å². The van der Waals surface area contributed by atoms with E-state index in [4.69, 9.17) is 9.31 Å². The summed E-state index contributed by atoms with van der Waals surface area (Å²) in [7, 11) is -0.700. The molecule has 0 amide bonds. The van der Waals surface area contributed by atoms with Gasteiger partial charge in [-0.3, -0.25) is 4.57 Å². The van der Waals surface area contributed by atoms with Crippen molar-refractivity contribution in [2.75, 3.05) is 0 Å². The van der Waals surface area contributed by atoms with E-state index < -0.39 is 24.4 Å². The van der Waals surface area contributed by atoms with E-state index in [1.54, 1.807) is 6.07 Å². The number of aromatic nitrogens is 1. The quantitative estimate of drug-likeness (QED) is 0.823. The first-order valence-corrected chi connectivity index (χ1v) is 7.34. The molecule has 1 fully saturated rings. The van der Waals surface area contributed by atoms with Crippen molar-refractivity contribution in [3.8, 4) is 0 Å². The first kappa shape index (κ1) is 15.1. The minimum Gasteiger partial charge on any atom is -0.464 e. The maximum absolute atomic E-state index is 11.8. The van der Waals surface area contributed by atoms with Crippen molar-refractivity contribution in [1.29, 1.82) is 0 Å². The summed E-state index contributed by atoms with van der Waals surface area (Å²) in [4.78, 5) is 11.8. The third-order valence-electron chi connectivity index (χ3n) is 4.84. The Morgan fingerprint density at radius 3 is 2.23 bits per heavy atom. The van der Waals surface area contributed by atoms with Crippen LogP contribution in [0.3, 0.4) is 0 Å². The summed E-state index contributed by atoms with van der Waals surface area (Å²) in [6.07, 6.45) is -1.03. The summed E-state index contributed by atoms with van der Waals surface area (Å²) >= 11 is 0. The summed E-state index contributed by atoms with van der Waals surface area (Å²) in [5, 5.41) is 10.5. The number of rotatable bonds is 1. The number of carboxylic acid groups (broad SMARTS) is 1. The molecule has 0 saturated carbocycles. The molecule has 2 aromatic rings. The normalized spacial score (nSPS) is 19.8. The van der Waals surface area contributed by atoms with Gasteiger partial charge in [-0.15, -0.1) is 0 Å². The molecule has 1 aromatic carbocycles. The van der Waals surface area contributed by atoms with E-state index in [1.165, 1.54) is 4.57 Å². The summed E-state index contributed by atoms with van der Waals surface area (Å²) in [5.41, 5.74) is 1.05. The SMILES string of the molecule is Cc1c(B2OC(C)(C)C(C)(C)O2)n(C(=O)O)c2ccccc12. The fourth-order valence-corrected chi connectivity index (χ4v) is 2.86. The number of para-hydroxylation sites is 1. The molecule has 1 saturated heterocycles. The second-order valence-corrected chi connectivity index (χ2v) is 6.73. The molecule has 1 aromatic heterocycles. The van der Waals surface area contributed by atoms with Crippen LogP contribution in [0.1, 0.15) is 33.3 Å². The van der Waals surface area contributed by atoms with Gasteiger partial charge in [0.15, 0.2) is 0 Å². The van der Waals surface area contributed by atoms with Crippen molar-refractivity contribution in [2.24, 2.45) is 0 Å². The fourth-order valence-electron chi connectivity index (χ4n) is 2.86. The average molecular weight is 301 g/mol. The van der Waals surface area contributed by atoms with Crippen LogP contribution in [0, 0.1) is 6.92 Å². The topological polar surface area (TPSA) is 60.7 Å². The first-order chi connectivity index (χ1) is 10.2. The first-order valence-electron chi connectivity index (χ1n) is 7.34. The fraction of sp³-hybridized carbons (Fsp3) is 0.438. The average Bonchev–Trinajstić information content (AvgIpc) is 2.82. The van der Waals surface area contributed by atoms with Crippen LogP contribution in [0.4, 0.5) is 4.79 Å². The van der Waals surface area contributed by atoms with Crippen molar-refractivity contribution in [3.63, 3.8) is 0 Å². The van der Waals surface area contributed by atoms with E-state index in [2.05, 4.69) is 0 Å². The van der Waals surface area contributed by atoms with Crippen LogP contribution in [0.2, 0.25) is 0 Å². The Kier molecular flexibility index (Phi) is 3.16. The molecule has 0 bridgehead atoms. The smallest absolute Gasteiger partial charge is 0.464 e. The van der Waals surface area contributed by atoms with Crippen molar-refractivity contribution in [3.05, 3.63) is 29.8 Å². The van der Waals surface area contributed by atoms with E-state index >= 15 is 0 Å². The van der Waals surface area contributed by atoms with Gasteiger partial charge in [0, 0.05) is 5.39 Å². The lowest BCUT2D eigenvalue weighted by atomic mass is 9.81. The molecular weight excluding hydrogens is 281 g/mol. The lowest BCUT2D eigenvalue weighted by Gasteiger charge is -2.32. The molecule has 1 aliphatic rings. The van der Waals surface area contributed by atoms with Crippen molar-refractivity contribution in [2.45, 2.75) is 45.8 Å². The molecule has 3 rings (SSSR count). The summed E-state index contributed by atoms with van der Waals surface area (Å²) in [6.45, 7) is 9.72. The predicted molar refractivity (Wildman–Crippen MR) is 85.8 cm³/mol. The molecular formula is C16H20BNO4. The molecule has 1 N–H and O–H groups in total. The maximum Gasteiger partial charge on any atom is 0.513 e. The third kappa shape index (κ3) is 1.98. The van der Waals surface area contributed by atoms with Crippen LogP contribution in [-0.2, 0) is 9.31 Å². The minimum atomic E-state index is -1.03. The zero-order chi connectivity index (χ0) is 16.3. The number of aryl methyl sites for hydroxylation is 1. The highest BCUT2D eigenvalue weighted by molar-refractivity contribution is 6.63. The second kappa shape index (κ2) is 4.60. The number of benzene rings is 1. The van der Waals surface area contributed by atoms with Crippen LogP contribution in [-0.4, -0.2) is 34.1 Å². The summed E-state index contributed by atoms with van der Waals surface area (Å²) in [6, 6.07) is 7.44. The predicted octanol–water partition coefficient (Wildman–Crippen LogP) is 2.78. The molecule has 0 atom stereocenters. The van der Waals surface area contributed by atoms with Gasteiger partial charge in [0.25, 0.3) is 0 Å². The van der Waals surface area contributed by atoms with Gasteiger partial charge in [-0.2, -0.15) is 0 Å². The van der Waals surface area contributed by atoms with Gasteiger partial charge < -0.3 is 14.4 Å². The van der Waals surface area contributed by atoms with Crippen molar-refractivity contribution in [1.82, 2.24) is 4.57 Å². The zero-order valence-corrected chi connectivity index (χ0v) is 13.5. The van der Waals surface area contributed by atoms with Crippen LogP contribution < -0.4 is 5.59 Å². The van der Waals surface area contributed by atoms with Gasteiger partial charge in [0.2, 0.25) is 0 Å². The number of hydrogen-bond donors (Lipinski definition) is 1. The number of nitrogens with zero attached hydrogens (tertiary/aromatic N) is 1. The second-order valence-electron chi connectivity index (χ2n) is 6.73. The Morgan fingerprint density at radius 2 is 1.68 bits per heavy atom. The highest BCUT2D eigenvalue weighted by Crippen LogP contribution is 2.37. The Bertz CT molecular complexity index is 747. The van der Waals surface area contributed by atoms with Gasteiger partial charge in [-0.05, 0) is 46.2 Å². The highest BCUT2D eigenvalue weighted by atomic mass is 16.7. The molecule has 22 heavy (non-hydrogen) atoms. The van der Waals surface area contributed by atoms with E-state index in [0.717, 1.165) is 10.9 Å². The highest BCUT2D eigenvalue weighted by Gasteiger charge is 2.53. The maximum atomic E-state index is 11.8.